The van der Waals surface area contributed by atoms with Crippen LogP contribution in [0, 0.1) is 0 Å². The topological polar surface area (TPSA) is 0 Å². The second kappa shape index (κ2) is 8.49. The lowest BCUT2D eigenvalue weighted by molar-refractivity contribution is 0.912. The molecule has 0 heterocycles. The number of rotatable bonds is 4. The maximum Gasteiger partial charge on any atom is 0.108 e. The highest BCUT2D eigenvalue weighted by Gasteiger charge is 2.34. The minimum Gasteiger partial charge on any atom is -0.195 e. The lowest BCUT2D eigenvalue weighted by Crippen LogP contribution is -2.75. The first-order valence-corrected chi connectivity index (χ1v) is 14.9. The number of hydrogen-bond donors (Lipinski definition) is 0. The fourth-order valence-corrected chi connectivity index (χ4v) is 8.60. The molecule has 4 aromatic carbocycles. The van der Waals surface area contributed by atoms with Crippen molar-refractivity contribution < 1.29 is 0 Å². The molecule has 0 spiro atoms. The van der Waals surface area contributed by atoms with Gasteiger partial charge in [0.1, 0.15) is 6.15 Å². The average molecular weight is 479 g/mol. The first kappa shape index (κ1) is 22.0. The van der Waals surface area contributed by atoms with Crippen LogP contribution in [0.25, 0.3) is 0 Å². The van der Waals surface area contributed by atoms with E-state index >= 15 is 0 Å². The van der Waals surface area contributed by atoms with Crippen LogP contribution in [-0.2, 0) is 51.4 Å². The van der Waals surface area contributed by atoms with Crippen LogP contribution in [0.1, 0.15) is 70.2 Å². The highest BCUT2D eigenvalue weighted by Crippen LogP contribution is 2.27. The third kappa shape index (κ3) is 3.36. The lowest BCUT2D eigenvalue weighted by atomic mass is 9.13. The predicted molar refractivity (Wildman–Crippen MR) is 158 cm³/mol. The second-order valence-electron chi connectivity index (χ2n) is 12.4. The summed E-state index contributed by atoms with van der Waals surface area (Å²) in [6.07, 6.45) is 13.8. The lowest BCUT2D eigenvalue weighted by Gasteiger charge is -2.45. The third-order valence-electron chi connectivity index (χ3n) is 10.5. The molecule has 0 aliphatic heterocycles. The van der Waals surface area contributed by atoms with Gasteiger partial charge in [0.15, 0.2) is 0 Å². The van der Waals surface area contributed by atoms with Crippen LogP contribution in [0.4, 0.5) is 0 Å². The molecule has 0 saturated heterocycles. The van der Waals surface area contributed by atoms with Gasteiger partial charge in [-0.05, 0) is 122 Å². The summed E-state index contributed by atoms with van der Waals surface area (Å²) < 4.78 is 0. The zero-order valence-electron chi connectivity index (χ0n) is 22.0. The van der Waals surface area contributed by atoms with Crippen LogP contribution in [0.15, 0.2) is 72.8 Å². The van der Waals surface area contributed by atoms with Gasteiger partial charge in [-0.25, -0.2) is 0 Å². The van der Waals surface area contributed by atoms with Crippen molar-refractivity contribution in [3.8, 4) is 0 Å². The van der Waals surface area contributed by atoms with Crippen molar-refractivity contribution in [2.24, 2.45) is 0 Å². The first-order valence-electron chi connectivity index (χ1n) is 14.9. The van der Waals surface area contributed by atoms with Gasteiger partial charge in [-0.2, -0.15) is 21.9 Å². The molecule has 0 aromatic heterocycles. The van der Waals surface area contributed by atoms with Crippen LogP contribution < -0.4 is 21.9 Å². The van der Waals surface area contributed by atoms with Crippen molar-refractivity contribution in [2.75, 3.05) is 0 Å². The minimum absolute atomic E-state index is 1.23. The van der Waals surface area contributed by atoms with Gasteiger partial charge >= 0.3 is 0 Å². The van der Waals surface area contributed by atoms with Gasteiger partial charge < -0.3 is 0 Å². The Hall–Kier alpha value is -3.06. The third-order valence-corrected chi connectivity index (χ3v) is 10.5. The molecule has 1 heteroatoms. The van der Waals surface area contributed by atoms with E-state index in [1.807, 2.05) is 0 Å². The van der Waals surface area contributed by atoms with E-state index in [0.29, 0.717) is 0 Å². The number of fused-ring (bicyclic) bond motifs is 4. The van der Waals surface area contributed by atoms with Gasteiger partial charge in [-0.15, -0.1) is 0 Å². The van der Waals surface area contributed by atoms with Gasteiger partial charge in [0.25, 0.3) is 0 Å². The van der Waals surface area contributed by atoms with Crippen LogP contribution in [0.5, 0.6) is 0 Å². The highest BCUT2D eigenvalue weighted by molar-refractivity contribution is 7.20. The van der Waals surface area contributed by atoms with Gasteiger partial charge in [0, 0.05) is 0 Å². The Morgan fingerprint density at radius 3 is 0.811 bits per heavy atom. The van der Waals surface area contributed by atoms with Crippen LogP contribution in [-0.4, -0.2) is 6.15 Å². The summed E-state index contributed by atoms with van der Waals surface area (Å²) in [6, 6.07) is 30.4. The van der Waals surface area contributed by atoms with Gasteiger partial charge in [0.2, 0.25) is 0 Å². The fraction of sp³-hybridized carbons (Fsp3) is 0.333. The molecule has 37 heavy (non-hydrogen) atoms. The zero-order valence-corrected chi connectivity index (χ0v) is 22.0. The van der Waals surface area contributed by atoms with Gasteiger partial charge in [0.05, 0.1) is 0 Å². The van der Waals surface area contributed by atoms with E-state index in [2.05, 4.69) is 72.8 Å². The Bertz CT molecular complexity index is 1310. The van der Waals surface area contributed by atoms with E-state index in [0.717, 1.165) is 0 Å². The van der Waals surface area contributed by atoms with Crippen LogP contribution in [0.3, 0.4) is 0 Å². The van der Waals surface area contributed by atoms with Crippen molar-refractivity contribution in [2.45, 2.75) is 77.0 Å². The second-order valence-corrected chi connectivity index (χ2v) is 12.4. The molecule has 4 aliphatic rings. The Morgan fingerprint density at radius 1 is 0.297 bits per heavy atom. The predicted octanol–water partition coefficient (Wildman–Crippen LogP) is 5.02. The summed E-state index contributed by atoms with van der Waals surface area (Å²) >= 11 is 0. The van der Waals surface area contributed by atoms with E-state index in [9.17, 15) is 0 Å². The average Bonchev–Trinajstić information content (AvgIpc) is 3.74. The normalized spacial score (nSPS) is 17.5. The number of benzene rings is 4. The maximum atomic E-state index is 2.62. The summed E-state index contributed by atoms with van der Waals surface area (Å²) in [7, 11) is 0. The molecule has 0 saturated carbocycles. The van der Waals surface area contributed by atoms with Gasteiger partial charge in [-0.1, -0.05) is 72.8 Å². The monoisotopic (exact) mass is 479 g/mol. The van der Waals surface area contributed by atoms with Gasteiger partial charge in [-0.3, -0.25) is 0 Å². The van der Waals surface area contributed by atoms with Crippen molar-refractivity contribution in [3.05, 3.63) is 117 Å². The Morgan fingerprint density at radius 2 is 0.541 bits per heavy atom. The molecular formula is C36H36B-. The largest absolute Gasteiger partial charge is 0.195 e. The molecule has 4 aliphatic carbocycles. The number of aryl methyl sites for hydroxylation is 8. The molecule has 0 bridgehead atoms. The van der Waals surface area contributed by atoms with Crippen molar-refractivity contribution in [1.29, 1.82) is 0 Å². The van der Waals surface area contributed by atoms with Crippen LogP contribution >= 0.6 is 0 Å². The van der Waals surface area contributed by atoms with E-state index < -0.39 is 6.15 Å². The molecule has 0 unspecified atom stereocenters. The molecular weight excluding hydrogens is 443 g/mol. The summed E-state index contributed by atoms with van der Waals surface area (Å²) in [6.45, 7) is 0. The summed E-state index contributed by atoms with van der Waals surface area (Å²) in [5, 5.41) is 0. The van der Waals surface area contributed by atoms with E-state index in [-0.39, 0.29) is 0 Å². The molecule has 0 nitrogen and oxygen atoms in total. The molecule has 4 aromatic rings. The van der Waals surface area contributed by atoms with Crippen molar-refractivity contribution >= 4 is 28.0 Å². The standard InChI is InChI=1S/C36H36B/c1-5-25-13-17-33(21-29(25)9-1)37(34-18-14-26-6-2-10-30(26)22-34,35-19-15-27-7-3-11-31(27)23-35)36-20-16-28-8-4-12-32(28)24-36/h13-24H,1-12H2/q-1. The van der Waals surface area contributed by atoms with Crippen LogP contribution in [0.2, 0.25) is 0 Å². The maximum absolute atomic E-state index is 2.62. The summed E-state index contributed by atoms with van der Waals surface area (Å²) in [5.74, 6) is 0. The van der Waals surface area contributed by atoms with E-state index in [1.54, 1.807) is 44.5 Å². The SMILES string of the molecule is c1cc2c(cc1[B-](c1ccc3c(c1)CCC3)(c1ccc3c(c1)CCC3)c1ccc3c(c1)CCC3)CCC2. The molecule has 0 radical (unpaired) electrons. The zero-order chi connectivity index (χ0) is 24.4. The Balaban J connectivity index is 1.46. The minimum atomic E-state index is -1.27. The molecule has 0 amide bonds. The molecule has 0 atom stereocenters. The fourth-order valence-electron chi connectivity index (χ4n) is 8.60. The quantitative estimate of drug-likeness (QED) is 0.361. The van der Waals surface area contributed by atoms with Crippen molar-refractivity contribution in [1.82, 2.24) is 0 Å². The van der Waals surface area contributed by atoms with E-state index in [1.165, 1.54) is 98.9 Å². The Kier molecular flexibility index (Phi) is 5.04. The first-order chi connectivity index (χ1) is 18.3. The van der Waals surface area contributed by atoms with Crippen molar-refractivity contribution in [3.63, 3.8) is 0 Å². The molecule has 8 rings (SSSR count). The highest BCUT2D eigenvalue weighted by atomic mass is 14.2. The summed E-state index contributed by atoms with van der Waals surface area (Å²) in [5.41, 5.74) is 18.7. The molecule has 0 N–H and O–H groups in total. The smallest absolute Gasteiger partial charge is 0.108 e. The van der Waals surface area contributed by atoms with E-state index in [4.69, 9.17) is 0 Å². The molecule has 0 fully saturated rings. The summed E-state index contributed by atoms with van der Waals surface area (Å²) in [4.78, 5) is 0. The Labute approximate surface area is 222 Å². The molecule has 184 valence electrons. The number of hydrogen-bond acceptors (Lipinski definition) is 0.